The summed E-state index contributed by atoms with van der Waals surface area (Å²) in [6.07, 6.45) is -20.0. The second kappa shape index (κ2) is 9.00. The van der Waals surface area contributed by atoms with Crippen molar-refractivity contribution in [3.05, 3.63) is 0 Å². The monoisotopic (exact) mass is 430 g/mol. The highest BCUT2D eigenvalue weighted by atomic mass is 16.8. The number of rotatable bonds is 6. The summed E-state index contributed by atoms with van der Waals surface area (Å²) in [6.45, 7) is -1.88. The van der Waals surface area contributed by atoms with E-state index in [-0.39, 0.29) is 0 Å². The van der Waals surface area contributed by atoms with E-state index in [1.165, 1.54) is 0 Å². The van der Waals surface area contributed by atoms with Crippen molar-refractivity contribution < 1.29 is 74.5 Å². The topological polar surface area (TPSA) is 253 Å². The first-order chi connectivity index (χ1) is 13.5. The smallest absolute Gasteiger partial charge is 0.478 e. The number of carboxylic acids is 1. The molecule has 0 bridgehead atoms. The zero-order valence-electron chi connectivity index (χ0n) is 14.6. The van der Waals surface area contributed by atoms with E-state index in [4.69, 9.17) is 24.4 Å². The number of aliphatic carboxylic acids is 1. The molecule has 9 N–H and O–H groups in total. The number of hydrogen-bond donors (Lipinski definition) is 9. The Morgan fingerprint density at radius 3 is 1.83 bits per heavy atom. The Labute approximate surface area is 161 Å². The van der Waals surface area contributed by atoms with E-state index in [0.29, 0.717) is 0 Å². The van der Waals surface area contributed by atoms with E-state index in [0.717, 1.165) is 0 Å². The van der Waals surface area contributed by atoms with E-state index >= 15 is 0 Å². The van der Waals surface area contributed by atoms with Crippen LogP contribution < -0.4 is 0 Å². The van der Waals surface area contributed by atoms with Gasteiger partial charge in [-0.2, -0.15) is 0 Å². The summed E-state index contributed by atoms with van der Waals surface area (Å²) >= 11 is 0. The number of ether oxygens (including phenoxy) is 4. The predicted molar refractivity (Wildman–Crippen MR) is 82.1 cm³/mol. The number of carbonyl (C=O) groups is 2. The molecule has 15 nitrogen and oxygen atoms in total. The molecule has 2 aliphatic heterocycles. The largest absolute Gasteiger partial charge is 0.507 e. The van der Waals surface area contributed by atoms with Crippen LogP contribution in [0.4, 0.5) is 4.79 Å². The van der Waals surface area contributed by atoms with Crippen LogP contribution in [0.2, 0.25) is 0 Å². The van der Waals surface area contributed by atoms with Crippen LogP contribution in [0.25, 0.3) is 0 Å². The Balaban J connectivity index is 2.34. The van der Waals surface area contributed by atoms with Crippen LogP contribution >= 0.6 is 0 Å². The van der Waals surface area contributed by atoms with Crippen molar-refractivity contribution in [1.82, 2.24) is 0 Å². The lowest BCUT2D eigenvalue weighted by Gasteiger charge is -2.48. The molecule has 2 aliphatic rings. The Kier molecular flexibility index (Phi) is 7.33. The molecule has 0 spiro atoms. The van der Waals surface area contributed by atoms with Crippen LogP contribution in [0.5, 0.6) is 0 Å². The third-order valence-corrected chi connectivity index (χ3v) is 4.68. The number of aliphatic hydroxyl groups excluding tert-OH is 7. The van der Waals surface area contributed by atoms with E-state index in [9.17, 15) is 45.3 Å². The first kappa shape index (κ1) is 23.6. The highest BCUT2D eigenvalue weighted by Gasteiger charge is 2.65. The lowest BCUT2D eigenvalue weighted by molar-refractivity contribution is -0.385. The van der Waals surface area contributed by atoms with Crippen LogP contribution in [0.15, 0.2) is 0 Å². The van der Waals surface area contributed by atoms with Gasteiger partial charge in [-0.15, -0.1) is 0 Å². The van der Waals surface area contributed by atoms with Gasteiger partial charge in [-0.1, -0.05) is 0 Å². The lowest BCUT2D eigenvalue weighted by atomic mass is 9.83. The zero-order valence-corrected chi connectivity index (χ0v) is 14.6. The highest BCUT2D eigenvalue weighted by molar-refractivity contribution is 5.82. The molecule has 2 rings (SSSR count). The molecule has 0 radical (unpaired) electrons. The van der Waals surface area contributed by atoms with E-state index < -0.39 is 86.2 Å². The van der Waals surface area contributed by atoms with E-state index in [1.54, 1.807) is 0 Å². The molecule has 0 saturated carbocycles. The maximum Gasteiger partial charge on any atom is 0.507 e. The first-order valence-electron chi connectivity index (χ1n) is 8.25. The fraction of sp³-hybridized carbons (Fsp3) is 0.857. The highest BCUT2D eigenvalue weighted by Crippen LogP contribution is 2.36. The average Bonchev–Trinajstić information content (AvgIpc) is 2.66. The minimum Gasteiger partial charge on any atom is -0.478 e. The van der Waals surface area contributed by atoms with Crippen molar-refractivity contribution in [1.29, 1.82) is 0 Å². The quantitative estimate of drug-likeness (QED) is 0.178. The molecule has 2 heterocycles. The third kappa shape index (κ3) is 4.15. The van der Waals surface area contributed by atoms with E-state index in [2.05, 4.69) is 4.74 Å². The van der Waals surface area contributed by atoms with Gasteiger partial charge < -0.3 is 64.9 Å². The van der Waals surface area contributed by atoms with Crippen molar-refractivity contribution in [2.75, 3.05) is 13.2 Å². The van der Waals surface area contributed by atoms with Crippen molar-refractivity contribution in [3.63, 3.8) is 0 Å². The molecule has 0 aromatic heterocycles. The van der Waals surface area contributed by atoms with Crippen molar-refractivity contribution in [2.45, 2.75) is 60.9 Å². The van der Waals surface area contributed by atoms with Crippen LogP contribution in [0, 0.1) is 0 Å². The van der Waals surface area contributed by atoms with Gasteiger partial charge in [0.05, 0.1) is 13.2 Å². The van der Waals surface area contributed by atoms with Crippen LogP contribution in [0.1, 0.15) is 0 Å². The number of aliphatic hydroxyl groups is 7. The Morgan fingerprint density at radius 1 is 0.793 bits per heavy atom. The van der Waals surface area contributed by atoms with Gasteiger partial charge in [-0.05, 0) is 0 Å². The summed E-state index contributed by atoms with van der Waals surface area (Å²) in [5.74, 6) is -2.14. The van der Waals surface area contributed by atoms with Gasteiger partial charge in [0.1, 0.15) is 36.6 Å². The maximum atomic E-state index is 11.7. The minimum absolute atomic E-state index is 0.821. The molecule has 2 saturated heterocycles. The summed E-state index contributed by atoms with van der Waals surface area (Å²) in [6, 6.07) is 0. The maximum absolute atomic E-state index is 11.7. The minimum atomic E-state index is -3.25. The van der Waals surface area contributed by atoms with Gasteiger partial charge in [0, 0.05) is 0 Å². The molecule has 0 amide bonds. The Hall–Kier alpha value is -1.66. The molecule has 168 valence electrons. The molecular formula is C14H22O15. The van der Waals surface area contributed by atoms with Crippen molar-refractivity contribution >= 4 is 12.1 Å². The third-order valence-electron chi connectivity index (χ3n) is 4.68. The molecule has 15 heteroatoms. The van der Waals surface area contributed by atoms with Crippen molar-refractivity contribution in [3.8, 4) is 0 Å². The molecule has 0 aromatic rings. The second-order valence-corrected chi connectivity index (χ2v) is 6.41. The van der Waals surface area contributed by atoms with Crippen LogP contribution in [-0.4, -0.2) is 132 Å². The van der Waals surface area contributed by atoms with Crippen LogP contribution in [0.3, 0.4) is 0 Å². The standard InChI is InChI=1S/C14H22O15/c15-1-3-5(17)6(18)7(19)10(26-3)28-11-9(21)14(12(22)23,29-13(24)25)8(20)4(2-16)27-11/h3-11,15-21H,1-2H2,(H,22,23)(H,24,25)/t3-,4-,5-,6+,7-,8-,9+,10-,11-,14+/m1/s1. The van der Waals surface area contributed by atoms with Gasteiger partial charge in [-0.3, -0.25) is 0 Å². The fourth-order valence-electron chi connectivity index (χ4n) is 3.10. The molecular weight excluding hydrogens is 408 g/mol. The summed E-state index contributed by atoms with van der Waals surface area (Å²) in [7, 11) is 0. The fourth-order valence-corrected chi connectivity index (χ4v) is 3.10. The van der Waals surface area contributed by atoms with Crippen LogP contribution in [-0.2, 0) is 23.7 Å². The summed E-state index contributed by atoms with van der Waals surface area (Å²) in [5, 5.41) is 86.8. The van der Waals surface area contributed by atoms with Gasteiger partial charge >= 0.3 is 12.1 Å². The summed E-state index contributed by atoms with van der Waals surface area (Å²) in [4.78, 5) is 22.7. The normalized spacial score (nSPS) is 45.6. The molecule has 2 fully saturated rings. The van der Waals surface area contributed by atoms with Gasteiger partial charge in [-0.25, -0.2) is 9.59 Å². The van der Waals surface area contributed by atoms with Gasteiger partial charge in [0.15, 0.2) is 18.7 Å². The second-order valence-electron chi connectivity index (χ2n) is 6.41. The summed E-state index contributed by atoms with van der Waals surface area (Å²) in [5.41, 5.74) is -3.25. The molecule has 29 heavy (non-hydrogen) atoms. The SMILES string of the molecule is O=C(O)O[C@@]1(C(=O)O)[C@H](O)[C@@H](CO)O[C@H](O[C@H]2O[C@H](CO)[C@@H](O)[C@H](O)[C@H]2O)[C@@H]1O. The molecule has 0 aromatic carbocycles. The van der Waals surface area contributed by atoms with E-state index in [1.807, 2.05) is 0 Å². The lowest BCUT2D eigenvalue weighted by Crippen LogP contribution is -2.73. The zero-order chi connectivity index (χ0) is 22.1. The Bertz CT molecular complexity index is 598. The molecule has 10 atom stereocenters. The number of hydrogen-bond acceptors (Lipinski definition) is 13. The van der Waals surface area contributed by atoms with Gasteiger partial charge in [0.2, 0.25) is 0 Å². The molecule has 0 unspecified atom stereocenters. The van der Waals surface area contributed by atoms with Crippen molar-refractivity contribution in [2.24, 2.45) is 0 Å². The summed E-state index contributed by atoms with van der Waals surface area (Å²) < 4.78 is 19.4. The Morgan fingerprint density at radius 2 is 1.34 bits per heavy atom. The predicted octanol–water partition coefficient (Wildman–Crippen LogP) is -5.24. The van der Waals surface area contributed by atoms with Gasteiger partial charge in [0.25, 0.3) is 5.60 Å². The average molecular weight is 430 g/mol. The number of carboxylic acid groups (broad SMARTS) is 2. The first-order valence-corrected chi connectivity index (χ1v) is 8.25. The molecule has 0 aliphatic carbocycles.